The van der Waals surface area contributed by atoms with Gasteiger partial charge in [-0.15, -0.1) is 11.3 Å². The molecule has 0 bridgehead atoms. The molecule has 2 atom stereocenters. The first-order valence-corrected chi connectivity index (χ1v) is 8.20. The monoisotopic (exact) mass is 328 g/mol. The van der Waals surface area contributed by atoms with Crippen LogP contribution in [0, 0.1) is 0 Å². The maximum absolute atomic E-state index is 13.3. The van der Waals surface area contributed by atoms with Gasteiger partial charge in [-0.1, -0.05) is 18.2 Å². The van der Waals surface area contributed by atoms with Crippen molar-refractivity contribution in [3.8, 4) is 0 Å². The summed E-state index contributed by atoms with van der Waals surface area (Å²) in [6.45, 7) is 0.582. The lowest BCUT2D eigenvalue weighted by molar-refractivity contribution is -0.169. The second-order valence-electron chi connectivity index (χ2n) is 6.14. The highest BCUT2D eigenvalue weighted by Crippen LogP contribution is 2.47. The molecule has 1 aliphatic heterocycles. The molecule has 2 heterocycles. The van der Waals surface area contributed by atoms with Crippen molar-refractivity contribution in [2.75, 3.05) is 13.6 Å². The van der Waals surface area contributed by atoms with E-state index in [1.165, 1.54) is 11.3 Å². The molecular weight excluding hydrogens is 309 g/mol. The fraction of sp³-hybridized carbons (Fsp3) is 0.500. The Bertz CT molecular complexity index is 667. The van der Waals surface area contributed by atoms with Crippen LogP contribution >= 0.6 is 11.3 Å². The summed E-state index contributed by atoms with van der Waals surface area (Å²) < 4.78 is 40.9. The third-order valence-electron chi connectivity index (χ3n) is 4.64. The van der Waals surface area contributed by atoms with E-state index in [4.69, 9.17) is 5.73 Å². The molecule has 2 aromatic rings. The number of hydrogen-bond donors (Lipinski definition) is 1. The highest BCUT2D eigenvalue weighted by Gasteiger charge is 2.49. The van der Waals surface area contributed by atoms with Crippen LogP contribution in [-0.2, 0) is 5.54 Å². The molecule has 6 heteroatoms. The quantitative estimate of drug-likeness (QED) is 0.899. The van der Waals surface area contributed by atoms with E-state index in [0.29, 0.717) is 13.0 Å². The van der Waals surface area contributed by atoms with Gasteiger partial charge in [0.1, 0.15) is 0 Å². The van der Waals surface area contributed by atoms with Gasteiger partial charge in [0.05, 0.1) is 12.0 Å². The predicted molar refractivity (Wildman–Crippen MR) is 84.0 cm³/mol. The van der Waals surface area contributed by atoms with Crippen LogP contribution in [0.2, 0.25) is 0 Å². The number of hydrogen-bond acceptors (Lipinski definition) is 3. The Balaban J connectivity index is 2.18. The Morgan fingerprint density at radius 3 is 2.86 bits per heavy atom. The van der Waals surface area contributed by atoms with Crippen LogP contribution in [-0.4, -0.2) is 30.7 Å². The zero-order chi connectivity index (χ0) is 16.0. The first kappa shape index (κ1) is 15.8. The van der Waals surface area contributed by atoms with Crippen molar-refractivity contribution < 1.29 is 13.2 Å². The zero-order valence-electron chi connectivity index (χ0n) is 12.4. The van der Waals surface area contributed by atoms with Crippen molar-refractivity contribution in [1.29, 1.82) is 0 Å². The van der Waals surface area contributed by atoms with Gasteiger partial charge in [0.2, 0.25) is 0 Å². The van der Waals surface area contributed by atoms with Gasteiger partial charge in [-0.25, -0.2) is 0 Å². The van der Waals surface area contributed by atoms with Crippen molar-refractivity contribution in [2.24, 2.45) is 5.73 Å². The van der Waals surface area contributed by atoms with E-state index in [2.05, 4.69) is 0 Å². The van der Waals surface area contributed by atoms with Gasteiger partial charge >= 0.3 is 6.18 Å². The minimum absolute atomic E-state index is 0.200. The lowest BCUT2D eigenvalue weighted by Crippen LogP contribution is -2.54. The second-order valence-corrected chi connectivity index (χ2v) is 7.06. The number of fused-ring (bicyclic) bond motifs is 1. The number of nitrogens with two attached hydrogens (primary N) is 1. The van der Waals surface area contributed by atoms with E-state index in [1.54, 1.807) is 7.05 Å². The number of benzene rings is 1. The molecule has 0 saturated carbocycles. The summed E-state index contributed by atoms with van der Waals surface area (Å²) in [5.41, 5.74) is 5.75. The summed E-state index contributed by atoms with van der Waals surface area (Å²) in [4.78, 5) is 1.85. The van der Waals surface area contributed by atoms with Crippen molar-refractivity contribution in [1.82, 2.24) is 4.90 Å². The number of halogens is 3. The van der Waals surface area contributed by atoms with Crippen molar-refractivity contribution in [3.05, 3.63) is 35.2 Å². The molecule has 1 aliphatic rings. The van der Waals surface area contributed by atoms with Gasteiger partial charge in [0, 0.05) is 17.3 Å². The Hall–Kier alpha value is -1.11. The topological polar surface area (TPSA) is 29.3 Å². The van der Waals surface area contributed by atoms with Crippen LogP contribution in [0.3, 0.4) is 0 Å². The number of piperidine rings is 1. The van der Waals surface area contributed by atoms with E-state index in [-0.39, 0.29) is 6.04 Å². The number of alkyl halides is 3. The number of nitrogens with zero attached hydrogens (tertiary/aromatic N) is 1. The summed E-state index contributed by atoms with van der Waals surface area (Å²) in [7, 11) is 1.78. The highest BCUT2D eigenvalue weighted by molar-refractivity contribution is 7.17. The average Bonchev–Trinajstić information content (AvgIpc) is 2.89. The van der Waals surface area contributed by atoms with Gasteiger partial charge in [0.25, 0.3) is 0 Å². The molecule has 3 rings (SSSR count). The largest absolute Gasteiger partial charge is 0.391 e. The molecule has 1 fully saturated rings. The third-order valence-corrected chi connectivity index (χ3v) is 5.60. The van der Waals surface area contributed by atoms with Gasteiger partial charge in [-0.05, 0) is 42.3 Å². The smallest absolute Gasteiger partial charge is 0.328 e. The van der Waals surface area contributed by atoms with Crippen molar-refractivity contribution in [2.45, 2.75) is 37.0 Å². The molecule has 0 spiro atoms. The van der Waals surface area contributed by atoms with E-state index in [1.807, 2.05) is 34.5 Å². The summed E-state index contributed by atoms with van der Waals surface area (Å²) in [6, 6.07) is 7.37. The van der Waals surface area contributed by atoms with E-state index in [0.717, 1.165) is 22.1 Å². The fourth-order valence-electron chi connectivity index (χ4n) is 3.57. The number of rotatable bonds is 2. The molecule has 2 nitrogen and oxygen atoms in total. The molecule has 1 aromatic carbocycles. The maximum Gasteiger partial charge on any atom is 0.391 e. The van der Waals surface area contributed by atoms with Crippen LogP contribution in [0.5, 0.6) is 0 Å². The van der Waals surface area contributed by atoms with E-state index >= 15 is 0 Å². The van der Waals surface area contributed by atoms with Gasteiger partial charge < -0.3 is 5.73 Å². The van der Waals surface area contributed by atoms with Gasteiger partial charge in [-0.2, -0.15) is 13.2 Å². The van der Waals surface area contributed by atoms with Crippen LogP contribution in [0.4, 0.5) is 13.2 Å². The first-order chi connectivity index (χ1) is 10.3. The molecule has 120 valence electrons. The van der Waals surface area contributed by atoms with Crippen molar-refractivity contribution in [3.63, 3.8) is 0 Å². The van der Waals surface area contributed by atoms with Crippen LogP contribution in [0.1, 0.15) is 24.8 Å². The molecule has 2 unspecified atom stereocenters. The van der Waals surface area contributed by atoms with E-state index < -0.39 is 18.1 Å². The SMILES string of the molecule is CN1CCC(N)CC1(CC(F)(F)F)c1cccc2ccsc12. The Morgan fingerprint density at radius 2 is 2.14 bits per heavy atom. The summed E-state index contributed by atoms with van der Waals surface area (Å²) in [6.07, 6.45) is -4.03. The van der Waals surface area contributed by atoms with Crippen LogP contribution in [0.15, 0.2) is 29.6 Å². The first-order valence-electron chi connectivity index (χ1n) is 7.32. The second kappa shape index (κ2) is 5.51. The molecule has 0 radical (unpaired) electrons. The Morgan fingerprint density at radius 1 is 1.36 bits per heavy atom. The standard InChI is InChI=1S/C16H19F3N2S/c1-21-7-5-12(20)9-15(21,10-16(17,18)19)13-4-2-3-11-6-8-22-14(11)13/h2-4,6,8,12H,5,7,9-10,20H2,1H3. The molecule has 1 aromatic heterocycles. The highest BCUT2D eigenvalue weighted by atomic mass is 32.1. The number of likely N-dealkylation sites (tertiary alicyclic amines) is 1. The van der Waals surface area contributed by atoms with Gasteiger partial charge in [-0.3, -0.25) is 4.90 Å². The number of thiophene rings is 1. The van der Waals surface area contributed by atoms with Gasteiger partial charge in [0.15, 0.2) is 0 Å². The Labute approximate surface area is 131 Å². The maximum atomic E-state index is 13.3. The fourth-order valence-corrected chi connectivity index (χ4v) is 4.58. The minimum Gasteiger partial charge on any atom is -0.328 e. The summed E-state index contributed by atoms with van der Waals surface area (Å²) in [5.74, 6) is 0. The van der Waals surface area contributed by atoms with Crippen molar-refractivity contribution >= 4 is 21.4 Å². The predicted octanol–water partition coefficient (Wildman–Crippen LogP) is 4.10. The molecule has 22 heavy (non-hydrogen) atoms. The summed E-state index contributed by atoms with van der Waals surface area (Å²) >= 11 is 1.50. The van der Waals surface area contributed by atoms with Crippen LogP contribution < -0.4 is 5.73 Å². The molecule has 2 N–H and O–H groups in total. The summed E-state index contributed by atoms with van der Waals surface area (Å²) in [5, 5.41) is 2.93. The molecule has 1 saturated heterocycles. The average molecular weight is 328 g/mol. The lowest BCUT2D eigenvalue weighted by Gasteiger charge is -2.48. The molecule has 0 aliphatic carbocycles. The van der Waals surface area contributed by atoms with E-state index in [9.17, 15) is 13.2 Å². The zero-order valence-corrected chi connectivity index (χ0v) is 13.2. The van der Waals surface area contributed by atoms with Crippen LogP contribution in [0.25, 0.3) is 10.1 Å². The molecule has 0 amide bonds. The molecular formula is C16H19F3N2S. The third kappa shape index (κ3) is 2.75. The lowest BCUT2D eigenvalue weighted by atomic mass is 9.76. The minimum atomic E-state index is -4.23. The Kier molecular flexibility index (Phi) is 3.95. The normalized spacial score (nSPS) is 27.4.